The topological polar surface area (TPSA) is 108 Å². The minimum atomic E-state index is -3.73. The van der Waals surface area contributed by atoms with Crippen LogP contribution in [0.5, 0.6) is 0 Å². The largest absolute Gasteiger partial charge is 0.361 e. The second kappa shape index (κ2) is 8.78. The first-order valence-electron chi connectivity index (χ1n) is 9.90. The van der Waals surface area contributed by atoms with Crippen molar-refractivity contribution < 1.29 is 18.0 Å². The van der Waals surface area contributed by atoms with Crippen LogP contribution >= 0.6 is 0 Å². The number of hydrogen-bond donors (Lipinski definition) is 3. The van der Waals surface area contributed by atoms with E-state index in [1.54, 1.807) is 24.3 Å². The third kappa shape index (κ3) is 4.61. The van der Waals surface area contributed by atoms with Gasteiger partial charge in [-0.1, -0.05) is 30.3 Å². The van der Waals surface area contributed by atoms with Crippen LogP contribution in [0.1, 0.15) is 33.2 Å². The van der Waals surface area contributed by atoms with Crippen LogP contribution in [0.4, 0.5) is 5.69 Å². The zero-order valence-electron chi connectivity index (χ0n) is 17.3. The number of amides is 1. The standard InChI is InChI=1S/C24H21N3O4S/c1-16(28)18-9-11-20(12-10-18)32(30,31)26-15-17-5-7-19(8-6-17)24(29)27-23-4-2-3-22-21(23)13-14-25-22/h2-14,25-26H,15H2,1H3,(H,27,29). The maximum Gasteiger partial charge on any atom is 0.255 e. The van der Waals surface area contributed by atoms with Gasteiger partial charge in [0.05, 0.1) is 10.6 Å². The van der Waals surface area contributed by atoms with E-state index in [1.807, 2.05) is 30.5 Å². The van der Waals surface area contributed by atoms with E-state index in [0.29, 0.717) is 22.4 Å². The van der Waals surface area contributed by atoms with Crippen LogP contribution < -0.4 is 10.0 Å². The van der Waals surface area contributed by atoms with Crippen LogP contribution in [0.3, 0.4) is 0 Å². The lowest BCUT2D eigenvalue weighted by atomic mass is 10.1. The van der Waals surface area contributed by atoms with E-state index in [-0.39, 0.29) is 23.1 Å². The molecule has 0 spiro atoms. The maximum atomic E-state index is 12.6. The van der Waals surface area contributed by atoms with Crippen LogP contribution in [0.25, 0.3) is 10.9 Å². The smallest absolute Gasteiger partial charge is 0.255 e. The molecular weight excluding hydrogens is 426 g/mol. The van der Waals surface area contributed by atoms with Crippen molar-refractivity contribution in [1.82, 2.24) is 9.71 Å². The normalized spacial score (nSPS) is 11.4. The van der Waals surface area contributed by atoms with Crippen molar-refractivity contribution in [2.75, 3.05) is 5.32 Å². The Labute approximate surface area is 185 Å². The molecule has 0 aliphatic rings. The predicted octanol–water partition coefficient (Wildman–Crippen LogP) is 4.10. The van der Waals surface area contributed by atoms with E-state index in [2.05, 4.69) is 15.0 Å². The number of sulfonamides is 1. The summed E-state index contributed by atoms with van der Waals surface area (Å²) in [6.07, 6.45) is 1.81. The Morgan fingerprint density at radius 2 is 1.56 bits per heavy atom. The summed E-state index contributed by atoms with van der Waals surface area (Å²) in [5, 5.41) is 3.82. The molecule has 32 heavy (non-hydrogen) atoms. The van der Waals surface area contributed by atoms with Gasteiger partial charge in [-0.05, 0) is 55.0 Å². The highest BCUT2D eigenvalue weighted by Gasteiger charge is 2.15. The van der Waals surface area contributed by atoms with Crippen LogP contribution in [0.2, 0.25) is 0 Å². The van der Waals surface area contributed by atoms with Crippen LogP contribution in [0.15, 0.2) is 83.9 Å². The maximum absolute atomic E-state index is 12.6. The summed E-state index contributed by atoms with van der Waals surface area (Å²) in [5.41, 5.74) is 3.26. The molecule has 1 heterocycles. The number of H-pyrrole nitrogens is 1. The van der Waals surface area contributed by atoms with Gasteiger partial charge in [0.15, 0.2) is 5.78 Å². The van der Waals surface area contributed by atoms with Gasteiger partial charge in [-0.25, -0.2) is 13.1 Å². The molecule has 1 aromatic heterocycles. The third-order valence-electron chi connectivity index (χ3n) is 5.10. The molecular formula is C24H21N3O4S. The number of nitrogens with one attached hydrogen (secondary N) is 3. The molecule has 0 atom stereocenters. The fourth-order valence-corrected chi connectivity index (χ4v) is 4.31. The number of anilines is 1. The minimum Gasteiger partial charge on any atom is -0.361 e. The Morgan fingerprint density at radius 3 is 2.25 bits per heavy atom. The van der Waals surface area contributed by atoms with E-state index in [9.17, 15) is 18.0 Å². The first-order chi connectivity index (χ1) is 15.3. The first kappa shape index (κ1) is 21.5. The molecule has 0 aliphatic carbocycles. The Kier molecular flexibility index (Phi) is 5.89. The average Bonchev–Trinajstić information content (AvgIpc) is 3.28. The fraction of sp³-hybridized carbons (Fsp3) is 0.0833. The van der Waals surface area contributed by atoms with Crippen molar-refractivity contribution in [3.63, 3.8) is 0 Å². The summed E-state index contributed by atoms with van der Waals surface area (Å²) in [6, 6.07) is 20.0. The monoisotopic (exact) mass is 447 g/mol. The quantitative estimate of drug-likeness (QED) is 0.371. The van der Waals surface area contributed by atoms with Gasteiger partial charge in [-0.2, -0.15) is 0 Å². The second-order valence-electron chi connectivity index (χ2n) is 7.30. The van der Waals surface area contributed by atoms with E-state index >= 15 is 0 Å². The molecule has 4 aromatic rings. The van der Waals surface area contributed by atoms with Gasteiger partial charge in [0.2, 0.25) is 10.0 Å². The van der Waals surface area contributed by atoms with Crippen molar-refractivity contribution in [2.45, 2.75) is 18.4 Å². The number of carbonyl (C=O) groups is 2. The molecule has 1 amide bonds. The Balaban J connectivity index is 1.40. The van der Waals surface area contributed by atoms with Crippen molar-refractivity contribution in [3.05, 3.63) is 95.7 Å². The molecule has 3 aromatic carbocycles. The molecule has 8 heteroatoms. The molecule has 0 aliphatic heterocycles. The van der Waals surface area contributed by atoms with Gasteiger partial charge in [0.1, 0.15) is 0 Å². The molecule has 0 radical (unpaired) electrons. The second-order valence-corrected chi connectivity index (χ2v) is 9.07. The van der Waals surface area contributed by atoms with Crippen molar-refractivity contribution in [3.8, 4) is 0 Å². The Bertz CT molecular complexity index is 1390. The molecule has 0 saturated carbocycles. The summed E-state index contributed by atoms with van der Waals surface area (Å²) in [7, 11) is -3.73. The number of benzene rings is 3. The Morgan fingerprint density at radius 1 is 0.875 bits per heavy atom. The number of aromatic amines is 1. The van der Waals surface area contributed by atoms with E-state index in [4.69, 9.17) is 0 Å². The summed E-state index contributed by atoms with van der Waals surface area (Å²) in [5.74, 6) is -0.382. The van der Waals surface area contributed by atoms with Crippen molar-refractivity contribution in [1.29, 1.82) is 0 Å². The zero-order valence-corrected chi connectivity index (χ0v) is 18.1. The summed E-state index contributed by atoms with van der Waals surface area (Å²) in [4.78, 5) is 27.1. The van der Waals surface area contributed by atoms with Crippen molar-refractivity contribution in [2.24, 2.45) is 0 Å². The number of carbonyl (C=O) groups excluding carboxylic acids is 2. The lowest BCUT2D eigenvalue weighted by Crippen LogP contribution is -2.23. The number of rotatable bonds is 7. The Hall–Kier alpha value is -3.75. The third-order valence-corrected chi connectivity index (χ3v) is 6.51. The van der Waals surface area contributed by atoms with E-state index in [0.717, 1.165) is 10.9 Å². The van der Waals surface area contributed by atoms with Gasteiger partial charge >= 0.3 is 0 Å². The summed E-state index contributed by atoms with van der Waals surface area (Å²) >= 11 is 0. The van der Waals surface area contributed by atoms with Crippen LogP contribution in [0, 0.1) is 0 Å². The molecule has 0 fully saturated rings. The number of hydrogen-bond acceptors (Lipinski definition) is 4. The lowest BCUT2D eigenvalue weighted by molar-refractivity contribution is 0.101. The number of aromatic nitrogens is 1. The van der Waals surface area contributed by atoms with Gasteiger partial charge in [0.25, 0.3) is 5.91 Å². The minimum absolute atomic E-state index is 0.0708. The lowest BCUT2D eigenvalue weighted by Gasteiger charge is -2.09. The van der Waals surface area contributed by atoms with E-state index < -0.39 is 10.0 Å². The molecule has 4 rings (SSSR count). The summed E-state index contributed by atoms with van der Waals surface area (Å²) in [6.45, 7) is 1.49. The SMILES string of the molecule is CC(=O)c1ccc(S(=O)(=O)NCc2ccc(C(=O)Nc3cccc4[nH]ccc34)cc2)cc1. The zero-order chi connectivity index (χ0) is 22.7. The molecule has 7 nitrogen and oxygen atoms in total. The predicted molar refractivity (Wildman–Crippen MR) is 123 cm³/mol. The van der Waals surface area contributed by atoms with Crippen molar-refractivity contribution >= 4 is 38.3 Å². The van der Waals surface area contributed by atoms with Gasteiger partial charge in [-0.3, -0.25) is 9.59 Å². The van der Waals surface area contributed by atoms with E-state index in [1.165, 1.54) is 31.2 Å². The van der Waals surface area contributed by atoms with Crippen LogP contribution in [-0.2, 0) is 16.6 Å². The molecule has 0 unspecified atom stereocenters. The number of Topliss-reactive ketones (excluding diaryl/α,β-unsaturated/α-hetero) is 1. The van der Waals surface area contributed by atoms with Gasteiger partial charge in [-0.15, -0.1) is 0 Å². The summed E-state index contributed by atoms with van der Waals surface area (Å²) < 4.78 is 27.5. The highest BCUT2D eigenvalue weighted by Crippen LogP contribution is 2.23. The highest BCUT2D eigenvalue weighted by atomic mass is 32.2. The van der Waals surface area contributed by atoms with Gasteiger partial charge in [0, 0.05) is 34.8 Å². The first-order valence-corrected chi connectivity index (χ1v) is 11.4. The van der Waals surface area contributed by atoms with Gasteiger partial charge < -0.3 is 10.3 Å². The number of ketones is 1. The average molecular weight is 448 g/mol. The molecule has 162 valence electrons. The molecule has 3 N–H and O–H groups in total. The molecule has 0 bridgehead atoms. The van der Waals surface area contributed by atoms with Crippen LogP contribution in [-0.4, -0.2) is 25.1 Å². The fourth-order valence-electron chi connectivity index (χ4n) is 3.29. The molecule has 0 saturated heterocycles. The highest BCUT2D eigenvalue weighted by molar-refractivity contribution is 7.89. The number of fused-ring (bicyclic) bond motifs is 1.